The van der Waals surface area contributed by atoms with Crippen LogP contribution in [0.5, 0.6) is 5.75 Å². The van der Waals surface area contributed by atoms with Gasteiger partial charge in [-0.2, -0.15) is 0 Å². The number of phenolic OH excluding ortho intramolecular Hbond substituents is 1. The zero-order valence-corrected chi connectivity index (χ0v) is 21.9. The summed E-state index contributed by atoms with van der Waals surface area (Å²) < 4.78 is 5.46. The molecule has 0 bridgehead atoms. The maximum Gasteiger partial charge on any atom is 0.115 e. The molecule has 35 heavy (non-hydrogen) atoms. The molecule has 3 aliphatic carbocycles. The molecule has 6 atom stereocenters. The second-order valence-corrected chi connectivity index (χ2v) is 12.3. The van der Waals surface area contributed by atoms with Crippen molar-refractivity contribution >= 4 is 0 Å². The van der Waals surface area contributed by atoms with Crippen molar-refractivity contribution in [3.8, 4) is 5.75 Å². The number of ether oxygens (including phenoxy) is 1. The number of rotatable bonds is 9. The number of aliphatic hydroxyl groups is 1. The molecule has 1 aromatic rings. The molecule has 2 saturated carbocycles. The van der Waals surface area contributed by atoms with Crippen LogP contribution in [0.4, 0.5) is 0 Å². The number of hydrogen-bond donors (Lipinski definition) is 2. The molecule has 1 aromatic carbocycles. The monoisotopic (exact) mass is 481 g/mol. The minimum absolute atomic E-state index is 0.00192. The van der Waals surface area contributed by atoms with E-state index in [0.717, 1.165) is 58.4 Å². The Morgan fingerprint density at radius 1 is 1.11 bits per heavy atom. The smallest absolute Gasteiger partial charge is 0.115 e. The molecule has 4 aliphatic rings. The highest BCUT2D eigenvalue weighted by atomic mass is 16.5. The number of unbranched alkanes of at least 4 members (excludes halogenated alkanes) is 4. The zero-order chi connectivity index (χ0) is 24.5. The van der Waals surface area contributed by atoms with Gasteiger partial charge < -0.3 is 14.9 Å². The molecule has 0 spiro atoms. The van der Waals surface area contributed by atoms with Crippen LogP contribution >= 0.6 is 0 Å². The topological polar surface area (TPSA) is 52.9 Å². The van der Waals surface area contributed by atoms with Gasteiger partial charge in [-0.15, -0.1) is 6.58 Å². The molecule has 0 aromatic heterocycles. The van der Waals surface area contributed by atoms with Crippen LogP contribution < -0.4 is 0 Å². The first-order valence-corrected chi connectivity index (χ1v) is 14.4. The van der Waals surface area contributed by atoms with Gasteiger partial charge in [0.05, 0.1) is 19.3 Å². The Morgan fingerprint density at radius 2 is 1.89 bits per heavy atom. The maximum absolute atomic E-state index is 11.1. The lowest BCUT2D eigenvalue weighted by Gasteiger charge is -2.60. The number of morpholine rings is 1. The summed E-state index contributed by atoms with van der Waals surface area (Å²) in [4.78, 5) is 2.54. The molecule has 194 valence electrons. The molecule has 3 fully saturated rings. The van der Waals surface area contributed by atoms with Gasteiger partial charge in [0.15, 0.2) is 0 Å². The molecular formula is C31H47NO3. The molecular weight excluding hydrogens is 434 g/mol. The number of phenols is 1. The standard InChI is InChI=1S/C31H47NO3/c1-3-31-15-14-23-21-25(33)10-11-26(23)29(31)24(22-30(2)27(31)12-13-28(30)34)9-7-5-4-6-8-16-32-17-19-35-20-18-32/h3,10-11,21,24,27-29,33-34H,1,4-9,12-20,22H2,2H3/t24-,27+,28-,29+,30-,31-/m0/s1. The van der Waals surface area contributed by atoms with E-state index in [1.54, 1.807) is 0 Å². The van der Waals surface area contributed by atoms with E-state index in [1.807, 2.05) is 12.1 Å². The first kappa shape index (κ1) is 25.3. The number of aromatic hydroxyl groups is 1. The van der Waals surface area contributed by atoms with Crippen molar-refractivity contribution in [3.05, 3.63) is 42.0 Å². The highest BCUT2D eigenvalue weighted by Gasteiger charge is 2.63. The predicted octanol–water partition coefficient (Wildman–Crippen LogP) is 6.06. The molecule has 0 radical (unpaired) electrons. The van der Waals surface area contributed by atoms with Gasteiger partial charge in [-0.3, -0.25) is 4.90 Å². The molecule has 0 amide bonds. The molecule has 1 saturated heterocycles. The number of fused-ring (bicyclic) bond motifs is 5. The van der Waals surface area contributed by atoms with Gasteiger partial charge in [0, 0.05) is 13.1 Å². The van der Waals surface area contributed by atoms with E-state index in [0.29, 0.717) is 23.5 Å². The van der Waals surface area contributed by atoms with Crippen LogP contribution in [0.3, 0.4) is 0 Å². The number of allylic oxidation sites excluding steroid dienone is 1. The number of hydrogen-bond acceptors (Lipinski definition) is 4. The molecule has 4 nitrogen and oxygen atoms in total. The Morgan fingerprint density at radius 3 is 2.69 bits per heavy atom. The third-order valence-electron chi connectivity index (χ3n) is 10.5. The van der Waals surface area contributed by atoms with Crippen LogP contribution in [0.1, 0.15) is 88.2 Å². The second kappa shape index (κ2) is 10.6. The Hall–Kier alpha value is -1.36. The highest BCUT2D eigenvalue weighted by molar-refractivity contribution is 5.43. The first-order valence-electron chi connectivity index (χ1n) is 14.4. The maximum atomic E-state index is 11.1. The quantitative estimate of drug-likeness (QED) is 0.332. The van der Waals surface area contributed by atoms with Crippen molar-refractivity contribution in [1.82, 2.24) is 4.90 Å². The minimum atomic E-state index is -0.186. The zero-order valence-electron chi connectivity index (χ0n) is 21.9. The number of benzene rings is 1. The van der Waals surface area contributed by atoms with Crippen LogP contribution in [0, 0.1) is 22.7 Å². The van der Waals surface area contributed by atoms with E-state index >= 15 is 0 Å². The fraction of sp³-hybridized carbons (Fsp3) is 0.742. The van der Waals surface area contributed by atoms with E-state index < -0.39 is 0 Å². The Bertz CT molecular complexity index is 880. The summed E-state index contributed by atoms with van der Waals surface area (Å²) in [5.74, 6) is 1.93. The highest BCUT2D eigenvalue weighted by Crippen LogP contribution is 2.69. The predicted molar refractivity (Wildman–Crippen MR) is 142 cm³/mol. The minimum Gasteiger partial charge on any atom is -0.508 e. The normalized spacial score (nSPS) is 36.9. The third-order valence-corrected chi connectivity index (χ3v) is 10.5. The van der Waals surface area contributed by atoms with Crippen molar-refractivity contribution in [1.29, 1.82) is 0 Å². The third kappa shape index (κ3) is 4.71. The number of aliphatic hydroxyl groups excluding tert-OH is 1. The Labute approximate surface area is 212 Å². The van der Waals surface area contributed by atoms with Crippen molar-refractivity contribution < 1.29 is 14.9 Å². The second-order valence-electron chi connectivity index (χ2n) is 12.3. The average molecular weight is 482 g/mol. The van der Waals surface area contributed by atoms with Crippen LogP contribution in [0.2, 0.25) is 0 Å². The lowest BCUT2D eigenvalue weighted by atomic mass is 9.44. The summed E-state index contributed by atoms with van der Waals surface area (Å²) in [5.41, 5.74) is 2.86. The summed E-state index contributed by atoms with van der Waals surface area (Å²) in [5, 5.41) is 21.3. The van der Waals surface area contributed by atoms with Crippen LogP contribution in [-0.2, 0) is 11.2 Å². The van der Waals surface area contributed by atoms with E-state index in [2.05, 4.69) is 30.5 Å². The lowest BCUT2D eigenvalue weighted by molar-refractivity contribution is -0.0812. The molecule has 0 unspecified atom stereocenters. The average Bonchev–Trinajstić information content (AvgIpc) is 3.17. The van der Waals surface area contributed by atoms with Crippen LogP contribution in [0.15, 0.2) is 30.9 Å². The lowest BCUT2D eigenvalue weighted by Crippen LogP contribution is -2.54. The van der Waals surface area contributed by atoms with Crippen molar-refractivity contribution in [2.24, 2.45) is 22.7 Å². The van der Waals surface area contributed by atoms with Crippen LogP contribution in [-0.4, -0.2) is 54.1 Å². The van der Waals surface area contributed by atoms with Crippen LogP contribution in [0.25, 0.3) is 0 Å². The van der Waals surface area contributed by atoms with Gasteiger partial charge in [0.2, 0.25) is 0 Å². The fourth-order valence-corrected chi connectivity index (χ4v) is 8.79. The molecule has 4 heteroatoms. The van der Waals surface area contributed by atoms with Crippen molar-refractivity contribution in [2.75, 3.05) is 32.8 Å². The number of nitrogens with zero attached hydrogens (tertiary/aromatic N) is 1. The molecule has 1 aliphatic heterocycles. The van der Waals surface area contributed by atoms with Gasteiger partial charge in [0.1, 0.15) is 5.75 Å². The summed E-state index contributed by atoms with van der Waals surface area (Å²) in [6.07, 6.45) is 15.1. The van der Waals surface area contributed by atoms with E-state index in [-0.39, 0.29) is 16.9 Å². The van der Waals surface area contributed by atoms with E-state index in [4.69, 9.17) is 4.74 Å². The first-order chi connectivity index (χ1) is 17.0. The fourth-order valence-electron chi connectivity index (χ4n) is 8.79. The summed E-state index contributed by atoms with van der Waals surface area (Å²) in [7, 11) is 0. The van der Waals surface area contributed by atoms with Gasteiger partial charge in [0.25, 0.3) is 0 Å². The Kier molecular flexibility index (Phi) is 7.63. The Balaban J connectivity index is 1.26. The van der Waals surface area contributed by atoms with E-state index in [1.165, 1.54) is 56.2 Å². The van der Waals surface area contributed by atoms with Gasteiger partial charge >= 0.3 is 0 Å². The summed E-state index contributed by atoms with van der Waals surface area (Å²) in [6.45, 7) is 12.0. The SMILES string of the molecule is C=C[C@@]12CCc3cc(O)ccc3[C@H]1[C@@H](CCCCCCCN1CCOCC1)C[C@@]1(C)[C@H]2CC[C@@H]1O. The van der Waals surface area contributed by atoms with Gasteiger partial charge in [-0.05, 0) is 103 Å². The number of aryl methyl sites for hydroxylation is 1. The molecule has 1 heterocycles. The van der Waals surface area contributed by atoms with Gasteiger partial charge in [-0.1, -0.05) is 44.7 Å². The summed E-state index contributed by atoms with van der Waals surface area (Å²) in [6, 6.07) is 6.10. The van der Waals surface area contributed by atoms with Crippen molar-refractivity contribution in [3.63, 3.8) is 0 Å². The van der Waals surface area contributed by atoms with Gasteiger partial charge in [-0.25, -0.2) is 0 Å². The van der Waals surface area contributed by atoms with Crippen molar-refractivity contribution in [2.45, 2.75) is 89.6 Å². The molecule has 2 N–H and O–H groups in total. The molecule has 5 rings (SSSR count). The van der Waals surface area contributed by atoms with E-state index in [9.17, 15) is 10.2 Å². The largest absolute Gasteiger partial charge is 0.508 e. The summed E-state index contributed by atoms with van der Waals surface area (Å²) >= 11 is 0.